The Kier molecular flexibility index (Phi) is 4.91. The molecule has 0 bridgehead atoms. The van der Waals surface area contributed by atoms with E-state index >= 15 is 0 Å². The van der Waals surface area contributed by atoms with Crippen molar-refractivity contribution in [3.63, 3.8) is 0 Å². The third-order valence-corrected chi connectivity index (χ3v) is 6.20. The maximum absolute atomic E-state index is 4.32. The minimum atomic E-state index is 0.746. The molecule has 0 radical (unpaired) electrons. The third kappa shape index (κ3) is 3.65. The van der Waals surface area contributed by atoms with E-state index in [1.807, 2.05) is 0 Å². The summed E-state index contributed by atoms with van der Waals surface area (Å²) in [5.41, 5.74) is 6.95. The zero-order chi connectivity index (χ0) is 17.2. The molecule has 0 spiro atoms. The minimum absolute atomic E-state index is 0.746. The Labute approximate surface area is 151 Å². The molecule has 134 valence electrons. The van der Waals surface area contributed by atoms with Gasteiger partial charge in [0.25, 0.3) is 0 Å². The first kappa shape index (κ1) is 16.8. The van der Waals surface area contributed by atoms with Crippen molar-refractivity contribution in [2.45, 2.75) is 45.6 Å². The summed E-state index contributed by atoms with van der Waals surface area (Å²) >= 11 is 0. The van der Waals surface area contributed by atoms with Crippen molar-refractivity contribution >= 4 is 0 Å². The molecule has 2 heterocycles. The second-order valence-corrected chi connectivity index (χ2v) is 7.71. The number of piperazine rings is 1. The van der Waals surface area contributed by atoms with Crippen LogP contribution in [0.2, 0.25) is 0 Å². The topological polar surface area (TPSA) is 35.2 Å². The van der Waals surface area contributed by atoms with Crippen LogP contribution >= 0.6 is 0 Å². The van der Waals surface area contributed by atoms with Gasteiger partial charge in [0.1, 0.15) is 0 Å². The van der Waals surface area contributed by atoms with Crippen molar-refractivity contribution in [2.75, 3.05) is 32.7 Å². The average molecular weight is 338 g/mol. The lowest BCUT2D eigenvalue weighted by molar-refractivity contribution is 0.0902. The number of nitrogens with zero attached hydrogens (tertiary/aromatic N) is 3. The molecule has 1 aliphatic carbocycles. The third-order valence-electron chi connectivity index (χ3n) is 6.20. The smallest absolute Gasteiger partial charge is 0.0626 e. The van der Waals surface area contributed by atoms with Gasteiger partial charge in [-0.1, -0.05) is 24.3 Å². The molecule has 1 aromatic carbocycles. The number of aryl methyl sites for hydroxylation is 3. The van der Waals surface area contributed by atoms with Crippen LogP contribution in [0, 0.1) is 13.8 Å². The van der Waals surface area contributed by atoms with Gasteiger partial charge in [0.15, 0.2) is 0 Å². The lowest BCUT2D eigenvalue weighted by atomic mass is 9.87. The van der Waals surface area contributed by atoms with Gasteiger partial charge in [-0.15, -0.1) is 0 Å². The SMILES string of the molecule is Cc1n[nH]c(C)c1CCN1CCN([C@@H]2CCc3ccccc3C2)CC1. The molecule has 2 aromatic rings. The van der Waals surface area contributed by atoms with Gasteiger partial charge in [-0.2, -0.15) is 5.10 Å². The number of aromatic nitrogens is 2. The molecule has 1 saturated heterocycles. The van der Waals surface area contributed by atoms with Gasteiger partial charge in [-0.25, -0.2) is 0 Å². The molecule has 0 amide bonds. The van der Waals surface area contributed by atoms with Gasteiger partial charge in [-0.3, -0.25) is 10.00 Å². The molecule has 1 atom stereocenters. The highest BCUT2D eigenvalue weighted by Crippen LogP contribution is 2.25. The average Bonchev–Trinajstić information content (AvgIpc) is 2.98. The van der Waals surface area contributed by atoms with E-state index in [0.717, 1.165) is 24.7 Å². The summed E-state index contributed by atoms with van der Waals surface area (Å²) in [5.74, 6) is 0. The first-order valence-electron chi connectivity index (χ1n) is 9.74. The van der Waals surface area contributed by atoms with Crippen LogP contribution in [0.3, 0.4) is 0 Å². The van der Waals surface area contributed by atoms with Crippen LogP contribution in [-0.2, 0) is 19.3 Å². The van der Waals surface area contributed by atoms with Crippen molar-refractivity contribution in [1.29, 1.82) is 0 Å². The van der Waals surface area contributed by atoms with Gasteiger partial charge in [0.2, 0.25) is 0 Å². The van der Waals surface area contributed by atoms with E-state index in [2.05, 4.69) is 58.1 Å². The zero-order valence-electron chi connectivity index (χ0n) is 15.6. The number of nitrogens with one attached hydrogen (secondary N) is 1. The van der Waals surface area contributed by atoms with Crippen molar-refractivity contribution < 1.29 is 0 Å². The van der Waals surface area contributed by atoms with Gasteiger partial charge in [0, 0.05) is 44.5 Å². The normalized spacial score (nSPS) is 22.1. The Morgan fingerprint density at radius 1 is 1.08 bits per heavy atom. The molecule has 0 saturated carbocycles. The first-order valence-corrected chi connectivity index (χ1v) is 9.74. The number of H-pyrrole nitrogens is 1. The van der Waals surface area contributed by atoms with Gasteiger partial charge >= 0.3 is 0 Å². The van der Waals surface area contributed by atoms with Crippen LogP contribution in [0.1, 0.15) is 34.5 Å². The van der Waals surface area contributed by atoms with E-state index in [1.165, 1.54) is 56.7 Å². The Hall–Kier alpha value is -1.65. The fraction of sp³-hybridized carbons (Fsp3) is 0.571. The van der Waals surface area contributed by atoms with Crippen LogP contribution in [0.4, 0.5) is 0 Å². The summed E-state index contributed by atoms with van der Waals surface area (Å²) in [6.07, 6.45) is 4.93. The number of rotatable bonds is 4. The summed E-state index contributed by atoms with van der Waals surface area (Å²) in [6.45, 7) is 10.2. The molecule has 1 aliphatic heterocycles. The van der Waals surface area contributed by atoms with Crippen LogP contribution in [0.25, 0.3) is 0 Å². The highest BCUT2D eigenvalue weighted by Gasteiger charge is 2.27. The molecule has 1 aromatic heterocycles. The summed E-state index contributed by atoms with van der Waals surface area (Å²) < 4.78 is 0. The number of hydrogen-bond acceptors (Lipinski definition) is 3. The summed E-state index contributed by atoms with van der Waals surface area (Å²) in [4.78, 5) is 5.36. The fourth-order valence-electron chi connectivity index (χ4n) is 4.55. The largest absolute Gasteiger partial charge is 0.300 e. The summed E-state index contributed by atoms with van der Waals surface area (Å²) in [6, 6.07) is 9.76. The predicted molar refractivity (Wildman–Crippen MR) is 102 cm³/mol. The summed E-state index contributed by atoms with van der Waals surface area (Å²) in [5, 5.41) is 7.43. The Morgan fingerprint density at radius 3 is 2.56 bits per heavy atom. The van der Waals surface area contributed by atoms with Crippen molar-refractivity contribution in [2.24, 2.45) is 0 Å². The standard InChI is InChI=1S/C21H30N4/c1-16-21(17(2)23-22-16)9-10-24-11-13-25(14-12-24)20-8-7-18-5-3-4-6-19(18)15-20/h3-6,20H,7-15H2,1-2H3,(H,22,23)/t20-/m1/s1. The Morgan fingerprint density at radius 2 is 1.84 bits per heavy atom. The molecule has 4 rings (SSSR count). The minimum Gasteiger partial charge on any atom is -0.300 e. The Bertz CT molecular complexity index is 693. The van der Waals surface area contributed by atoms with Gasteiger partial charge < -0.3 is 4.90 Å². The Balaban J connectivity index is 1.28. The maximum atomic E-state index is 4.32. The number of benzene rings is 1. The molecule has 0 unspecified atom stereocenters. The number of fused-ring (bicyclic) bond motifs is 1. The second-order valence-electron chi connectivity index (χ2n) is 7.71. The van der Waals surface area contributed by atoms with Crippen molar-refractivity contribution in [3.05, 3.63) is 52.3 Å². The van der Waals surface area contributed by atoms with Crippen LogP contribution in [0.15, 0.2) is 24.3 Å². The van der Waals surface area contributed by atoms with Crippen molar-refractivity contribution in [1.82, 2.24) is 20.0 Å². The second kappa shape index (κ2) is 7.30. The molecular weight excluding hydrogens is 308 g/mol. The molecule has 4 heteroatoms. The molecule has 1 fully saturated rings. The molecule has 4 nitrogen and oxygen atoms in total. The highest BCUT2D eigenvalue weighted by atomic mass is 15.3. The highest BCUT2D eigenvalue weighted by molar-refractivity contribution is 5.30. The number of hydrogen-bond donors (Lipinski definition) is 1. The van der Waals surface area contributed by atoms with E-state index in [0.29, 0.717) is 0 Å². The van der Waals surface area contributed by atoms with Crippen LogP contribution in [0.5, 0.6) is 0 Å². The van der Waals surface area contributed by atoms with E-state index in [1.54, 1.807) is 11.1 Å². The van der Waals surface area contributed by atoms with Crippen LogP contribution in [-0.4, -0.2) is 58.8 Å². The van der Waals surface area contributed by atoms with Gasteiger partial charge in [0.05, 0.1) is 5.69 Å². The van der Waals surface area contributed by atoms with E-state index in [-0.39, 0.29) is 0 Å². The van der Waals surface area contributed by atoms with Gasteiger partial charge in [-0.05, 0) is 56.2 Å². The molecule has 1 N–H and O–H groups in total. The quantitative estimate of drug-likeness (QED) is 0.931. The van der Waals surface area contributed by atoms with Crippen LogP contribution < -0.4 is 0 Å². The zero-order valence-corrected chi connectivity index (χ0v) is 15.6. The predicted octanol–water partition coefficient (Wildman–Crippen LogP) is 2.74. The summed E-state index contributed by atoms with van der Waals surface area (Å²) in [7, 11) is 0. The van der Waals surface area contributed by atoms with Crippen molar-refractivity contribution in [3.8, 4) is 0 Å². The lowest BCUT2D eigenvalue weighted by Gasteiger charge is -2.41. The lowest BCUT2D eigenvalue weighted by Crippen LogP contribution is -2.52. The molecule has 25 heavy (non-hydrogen) atoms. The molecule has 2 aliphatic rings. The first-order chi connectivity index (χ1) is 12.2. The maximum Gasteiger partial charge on any atom is 0.0626 e. The number of aromatic amines is 1. The van der Waals surface area contributed by atoms with E-state index < -0.39 is 0 Å². The fourth-order valence-corrected chi connectivity index (χ4v) is 4.55. The van der Waals surface area contributed by atoms with E-state index in [9.17, 15) is 0 Å². The monoisotopic (exact) mass is 338 g/mol. The van der Waals surface area contributed by atoms with E-state index in [4.69, 9.17) is 0 Å². The molecular formula is C21H30N4.